The Bertz CT molecular complexity index is 403. The summed E-state index contributed by atoms with van der Waals surface area (Å²) in [4.78, 5) is 12.0. The zero-order valence-electron chi connectivity index (χ0n) is 8.89. The van der Waals surface area contributed by atoms with Gasteiger partial charge in [-0.3, -0.25) is 10.2 Å². The molecule has 1 aliphatic heterocycles. The van der Waals surface area contributed by atoms with Crippen molar-refractivity contribution in [2.24, 2.45) is 5.92 Å². The van der Waals surface area contributed by atoms with Gasteiger partial charge in [-0.15, -0.1) is 0 Å². The summed E-state index contributed by atoms with van der Waals surface area (Å²) in [5, 5.41) is 10.4. The molecule has 4 nitrogen and oxygen atoms in total. The molecule has 16 heavy (non-hydrogen) atoms. The number of rotatable bonds is 3. The van der Waals surface area contributed by atoms with E-state index in [2.05, 4.69) is 12.0 Å². The lowest BCUT2D eigenvalue weighted by Crippen LogP contribution is -2.34. The van der Waals surface area contributed by atoms with Crippen molar-refractivity contribution in [3.63, 3.8) is 0 Å². The molecule has 84 valence electrons. The molecule has 0 saturated carbocycles. The van der Waals surface area contributed by atoms with Crippen molar-refractivity contribution in [3.8, 4) is 0 Å². The second-order valence-corrected chi connectivity index (χ2v) is 3.71. The summed E-state index contributed by atoms with van der Waals surface area (Å²) in [5.74, 6) is -0.393. The molecule has 0 bridgehead atoms. The van der Waals surface area contributed by atoms with Gasteiger partial charge in [-0.2, -0.15) is 0 Å². The molecule has 1 fully saturated rings. The van der Waals surface area contributed by atoms with Crippen LogP contribution in [0.5, 0.6) is 0 Å². The fourth-order valence-corrected chi connectivity index (χ4v) is 1.78. The first-order chi connectivity index (χ1) is 7.74. The molecule has 0 spiro atoms. The molecular weight excluding hydrogens is 204 g/mol. The van der Waals surface area contributed by atoms with E-state index in [0.717, 1.165) is 5.69 Å². The maximum Gasteiger partial charge on any atom is 0.254 e. The van der Waals surface area contributed by atoms with Gasteiger partial charge in [0.2, 0.25) is 0 Å². The van der Waals surface area contributed by atoms with Crippen LogP contribution in [0, 0.1) is 5.92 Å². The molecule has 1 unspecified atom stereocenters. The molecule has 1 aromatic rings. The van der Waals surface area contributed by atoms with Crippen LogP contribution in [-0.4, -0.2) is 17.6 Å². The van der Waals surface area contributed by atoms with Crippen LogP contribution in [0.25, 0.3) is 0 Å². The van der Waals surface area contributed by atoms with Crippen LogP contribution >= 0.6 is 0 Å². The quantitative estimate of drug-likeness (QED) is 0.797. The summed E-state index contributed by atoms with van der Waals surface area (Å²) in [7, 11) is 0. The molecule has 1 aliphatic rings. The number of hydrogen-bond acceptors (Lipinski definition) is 3. The fourth-order valence-electron chi connectivity index (χ4n) is 1.78. The lowest BCUT2D eigenvalue weighted by Gasteiger charge is -2.15. The van der Waals surface area contributed by atoms with Gasteiger partial charge in [0.25, 0.3) is 5.91 Å². The first kappa shape index (κ1) is 10.7. The van der Waals surface area contributed by atoms with Gasteiger partial charge in [0, 0.05) is 12.3 Å². The first-order valence-electron chi connectivity index (χ1n) is 5.19. The van der Waals surface area contributed by atoms with E-state index in [4.69, 9.17) is 5.11 Å². The number of aliphatic hydroxyl groups excluding tert-OH is 1. The Labute approximate surface area is 94.2 Å². The molecule has 0 radical (unpaired) electrons. The molecule has 2 N–H and O–H groups in total. The van der Waals surface area contributed by atoms with Crippen molar-refractivity contribution >= 4 is 11.6 Å². The van der Waals surface area contributed by atoms with Crippen molar-refractivity contribution in [2.45, 2.75) is 6.42 Å². The number of nitrogens with one attached hydrogen (secondary N) is 1. The van der Waals surface area contributed by atoms with Gasteiger partial charge in [0.05, 0.1) is 11.6 Å². The Hall–Kier alpha value is -1.81. The van der Waals surface area contributed by atoms with Gasteiger partial charge >= 0.3 is 0 Å². The lowest BCUT2D eigenvalue weighted by atomic mass is 10.0. The minimum absolute atomic E-state index is 0.0142. The van der Waals surface area contributed by atoms with E-state index in [-0.39, 0.29) is 18.4 Å². The summed E-state index contributed by atoms with van der Waals surface area (Å²) >= 11 is 0. The number of para-hydroxylation sites is 1. The zero-order chi connectivity index (χ0) is 11.5. The standard InChI is InChI=1S/C12H14N2O2/c1-9-11(7-8-15)12(16)14(13-9)10-5-3-2-4-6-10/h2-6,11,13,15H,1,7-8H2. The molecule has 0 aromatic heterocycles. The van der Waals surface area contributed by atoms with E-state index < -0.39 is 0 Å². The van der Waals surface area contributed by atoms with Gasteiger partial charge in [-0.1, -0.05) is 24.8 Å². The predicted octanol–water partition coefficient (Wildman–Crippen LogP) is 1.05. The monoisotopic (exact) mass is 218 g/mol. The SMILES string of the molecule is C=C1NN(c2ccccc2)C(=O)C1CCO. The number of anilines is 1. The maximum atomic E-state index is 12.0. The molecule has 2 rings (SSSR count). The smallest absolute Gasteiger partial charge is 0.254 e. The minimum Gasteiger partial charge on any atom is -0.396 e. The number of aliphatic hydroxyl groups is 1. The second kappa shape index (κ2) is 4.37. The van der Waals surface area contributed by atoms with Crippen LogP contribution in [0.1, 0.15) is 6.42 Å². The molecule has 1 atom stereocenters. The summed E-state index contributed by atoms with van der Waals surface area (Å²) in [5.41, 5.74) is 4.36. The normalized spacial score (nSPS) is 20.1. The molecule has 1 heterocycles. The molecule has 4 heteroatoms. The Balaban J connectivity index is 2.21. The number of carbonyl (C=O) groups is 1. The van der Waals surface area contributed by atoms with Crippen molar-refractivity contribution in [1.82, 2.24) is 5.43 Å². The van der Waals surface area contributed by atoms with E-state index in [1.54, 1.807) is 0 Å². The van der Waals surface area contributed by atoms with Gasteiger partial charge in [0.15, 0.2) is 0 Å². The van der Waals surface area contributed by atoms with E-state index in [1.807, 2.05) is 30.3 Å². The van der Waals surface area contributed by atoms with Crippen molar-refractivity contribution < 1.29 is 9.90 Å². The van der Waals surface area contributed by atoms with E-state index in [1.165, 1.54) is 5.01 Å². The highest BCUT2D eigenvalue weighted by Gasteiger charge is 2.34. The largest absolute Gasteiger partial charge is 0.396 e. The number of nitrogens with zero attached hydrogens (tertiary/aromatic N) is 1. The molecule has 1 aromatic carbocycles. The van der Waals surface area contributed by atoms with Crippen LogP contribution in [0.4, 0.5) is 5.69 Å². The summed E-state index contributed by atoms with van der Waals surface area (Å²) in [6, 6.07) is 9.32. The number of carbonyl (C=O) groups excluding carboxylic acids is 1. The van der Waals surface area contributed by atoms with Crippen LogP contribution in [0.2, 0.25) is 0 Å². The highest BCUT2D eigenvalue weighted by atomic mass is 16.3. The second-order valence-electron chi connectivity index (χ2n) is 3.71. The Morgan fingerprint density at radius 2 is 2.06 bits per heavy atom. The molecular formula is C12H14N2O2. The first-order valence-corrected chi connectivity index (χ1v) is 5.19. The van der Waals surface area contributed by atoms with E-state index >= 15 is 0 Å². The highest BCUT2D eigenvalue weighted by Crippen LogP contribution is 2.25. The van der Waals surface area contributed by atoms with E-state index in [0.29, 0.717) is 12.1 Å². The highest BCUT2D eigenvalue weighted by molar-refractivity contribution is 5.98. The van der Waals surface area contributed by atoms with Crippen molar-refractivity contribution in [1.29, 1.82) is 0 Å². The third-order valence-electron chi connectivity index (χ3n) is 2.63. The van der Waals surface area contributed by atoms with E-state index in [9.17, 15) is 4.79 Å². The predicted molar refractivity (Wildman–Crippen MR) is 61.4 cm³/mol. The van der Waals surface area contributed by atoms with Crippen LogP contribution in [-0.2, 0) is 4.79 Å². The maximum absolute atomic E-state index is 12.0. The van der Waals surface area contributed by atoms with Gasteiger partial charge in [-0.25, -0.2) is 5.01 Å². The van der Waals surface area contributed by atoms with Crippen LogP contribution in [0.3, 0.4) is 0 Å². The topological polar surface area (TPSA) is 52.6 Å². The zero-order valence-corrected chi connectivity index (χ0v) is 8.89. The van der Waals surface area contributed by atoms with Crippen molar-refractivity contribution in [2.75, 3.05) is 11.6 Å². The van der Waals surface area contributed by atoms with Gasteiger partial charge in [-0.05, 0) is 18.6 Å². The summed E-state index contributed by atoms with van der Waals surface area (Å²) < 4.78 is 0. The Morgan fingerprint density at radius 3 is 2.69 bits per heavy atom. The summed E-state index contributed by atoms with van der Waals surface area (Å²) in [6.45, 7) is 3.78. The fraction of sp³-hybridized carbons (Fsp3) is 0.250. The molecule has 1 amide bonds. The summed E-state index contributed by atoms with van der Waals surface area (Å²) in [6.07, 6.45) is 0.411. The van der Waals surface area contributed by atoms with Crippen LogP contribution < -0.4 is 10.4 Å². The molecule has 1 saturated heterocycles. The molecule has 0 aliphatic carbocycles. The number of hydrogen-bond donors (Lipinski definition) is 2. The number of hydrazine groups is 1. The van der Waals surface area contributed by atoms with Crippen molar-refractivity contribution in [3.05, 3.63) is 42.6 Å². The Morgan fingerprint density at radius 1 is 1.38 bits per heavy atom. The van der Waals surface area contributed by atoms with Crippen LogP contribution in [0.15, 0.2) is 42.6 Å². The number of benzene rings is 1. The third kappa shape index (κ3) is 1.79. The van der Waals surface area contributed by atoms with Gasteiger partial charge in [0.1, 0.15) is 0 Å². The Kier molecular flexibility index (Phi) is 2.92. The van der Waals surface area contributed by atoms with Gasteiger partial charge < -0.3 is 5.11 Å². The average Bonchev–Trinajstić information content (AvgIpc) is 2.59. The minimum atomic E-state index is -0.329. The third-order valence-corrected chi connectivity index (χ3v) is 2.63. The lowest BCUT2D eigenvalue weighted by molar-refractivity contribution is -0.120. The number of amides is 1. The average molecular weight is 218 g/mol.